The molecule has 3 aromatic carbocycles. The number of hydrogen-bond acceptors (Lipinski definition) is 4. The fraction of sp³-hybridized carbons (Fsp3) is 0.226. The van der Waals surface area contributed by atoms with Crippen LogP contribution in [0.4, 0.5) is 0 Å². The van der Waals surface area contributed by atoms with Gasteiger partial charge in [-0.25, -0.2) is 4.68 Å². The van der Waals surface area contributed by atoms with Crippen molar-refractivity contribution >= 4 is 27.5 Å². The van der Waals surface area contributed by atoms with Crippen LogP contribution in [0, 0.1) is 13.8 Å². The van der Waals surface area contributed by atoms with Crippen LogP contribution in [0.3, 0.4) is 0 Å². The molecule has 1 fully saturated rings. The molecule has 0 radical (unpaired) electrons. The second kappa shape index (κ2) is 8.68. The highest BCUT2D eigenvalue weighted by atomic mass is 32.1. The van der Waals surface area contributed by atoms with E-state index in [1.54, 1.807) is 11.3 Å². The third kappa shape index (κ3) is 3.63. The van der Waals surface area contributed by atoms with Crippen LogP contribution >= 0.6 is 11.3 Å². The van der Waals surface area contributed by atoms with Gasteiger partial charge in [0.05, 0.1) is 22.3 Å². The molecule has 7 rings (SSSR count). The van der Waals surface area contributed by atoms with Gasteiger partial charge in [-0.3, -0.25) is 9.69 Å². The molecule has 5 nitrogen and oxygen atoms in total. The Balaban J connectivity index is 1.12. The Morgan fingerprint density at radius 1 is 0.838 bits per heavy atom. The molecule has 6 heteroatoms. The summed E-state index contributed by atoms with van der Waals surface area (Å²) in [5.41, 5.74) is 8.63. The smallest absolute Gasteiger partial charge is 0.264 e. The zero-order valence-electron chi connectivity index (χ0n) is 21.0. The number of aromatic nitrogens is 2. The summed E-state index contributed by atoms with van der Waals surface area (Å²) in [5, 5.41) is 5.81. The molecular formula is C31H28N4OS. The number of rotatable bonds is 3. The number of nitrogens with zero attached hydrogens (tertiary/aromatic N) is 4. The number of aryl methyl sites for hydroxylation is 2. The molecule has 1 amide bonds. The van der Waals surface area contributed by atoms with Crippen LogP contribution in [0.25, 0.3) is 27.0 Å². The monoisotopic (exact) mass is 504 g/mol. The first kappa shape index (κ1) is 22.5. The molecule has 3 heterocycles. The largest absolute Gasteiger partial charge is 0.335 e. The molecule has 0 N–H and O–H groups in total. The Morgan fingerprint density at radius 2 is 1.46 bits per heavy atom. The van der Waals surface area contributed by atoms with Gasteiger partial charge in [0.1, 0.15) is 4.83 Å². The SMILES string of the molecule is Cc1ccc(-n2nc(C)c3cc(C(=O)N4CCN(C5c6ccccc6-c6ccccc65)CC4)sc32)cc1. The summed E-state index contributed by atoms with van der Waals surface area (Å²) >= 11 is 1.55. The summed E-state index contributed by atoms with van der Waals surface area (Å²) in [6.45, 7) is 7.29. The van der Waals surface area contributed by atoms with Gasteiger partial charge < -0.3 is 4.90 Å². The third-order valence-corrected chi connectivity index (χ3v) is 8.90. The maximum absolute atomic E-state index is 13.6. The highest BCUT2D eigenvalue weighted by molar-refractivity contribution is 7.20. The quantitative estimate of drug-likeness (QED) is 0.292. The van der Waals surface area contributed by atoms with Crippen molar-refractivity contribution in [3.63, 3.8) is 0 Å². The molecule has 0 unspecified atom stereocenters. The van der Waals surface area contributed by atoms with Crippen LogP contribution in [0.15, 0.2) is 78.9 Å². The Bertz CT molecular complexity index is 1590. The number of benzene rings is 3. The van der Waals surface area contributed by atoms with Crippen molar-refractivity contribution in [2.75, 3.05) is 26.2 Å². The molecule has 0 atom stereocenters. The zero-order chi connectivity index (χ0) is 25.1. The van der Waals surface area contributed by atoms with Gasteiger partial charge in [-0.05, 0) is 54.3 Å². The van der Waals surface area contributed by atoms with Crippen molar-refractivity contribution < 1.29 is 4.79 Å². The Labute approximate surface area is 220 Å². The third-order valence-electron chi connectivity index (χ3n) is 7.80. The number of fused-ring (bicyclic) bond motifs is 4. The standard InChI is InChI=1S/C31H28N4OS/c1-20-11-13-22(14-12-20)35-31-27(21(2)32-35)19-28(37-31)30(36)34-17-15-33(16-18-34)29-25-9-5-3-7-23(25)24-8-4-6-10-26(24)29/h3-14,19,29H,15-18H2,1-2H3. The fourth-order valence-corrected chi connectivity index (χ4v) is 7.03. The van der Waals surface area contributed by atoms with Gasteiger partial charge in [0.15, 0.2) is 0 Å². The number of amides is 1. The minimum absolute atomic E-state index is 0.128. The number of piperazine rings is 1. The lowest BCUT2D eigenvalue weighted by molar-refractivity contribution is 0.0604. The summed E-state index contributed by atoms with van der Waals surface area (Å²) < 4.78 is 1.97. The van der Waals surface area contributed by atoms with Crippen molar-refractivity contribution in [2.45, 2.75) is 19.9 Å². The van der Waals surface area contributed by atoms with E-state index in [4.69, 9.17) is 5.10 Å². The minimum Gasteiger partial charge on any atom is -0.335 e. The van der Waals surface area contributed by atoms with Crippen molar-refractivity contribution in [3.8, 4) is 16.8 Å². The Hall–Kier alpha value is -3.74. The second-order valence-electron chi connectivity index (χ2n) is 10.1. The van der Waals surface area contributed by atoms with Crippen molar-refractivity contribution in [2.24, 2.45) is 0 Å². The second-order valence-corrected chi connectivity index (χ2v) is 11.1. The maximum atomic E-state index is 13.6. The molecule has 1 aliphatic heterocycles. The fourth-order valence-electron chi connectivity index (χ4n) is 5.88. The van der Waals surface area contributed by atoms with Gasteiger partial charge in [0.2, 0.25) is 0 Å². The van der Waals surface area contributed by atoms with E-state index < -0.39 is 0 Å². The zero-order valence-corrected chi connectivity index (χ0v) is 21.8. The lowest BCUT2D eigenvalue weighted by Gasteiger charge is -2.38. The highest BCUT2D eigenvalue weighted by Crippen LogP contribution is 2.46. The predicted molar refractivity (Wildman–Crippen MR) is 150 cm³/mol. The van der Waals surface area contributed by atoms with E-state index in [0.717, 1.165) is 52.7 Å². The lowest BCUT2D eigenvalue weighted by atomic mass is 10.0. The van der Waals surface area contributed by atoms with Crippen molar-refractivity contribution in [1.29, 1.82) is 0 Å². The average Bonchev–Trinajstić information content (AvgIpc) is 3.60. The normalized spacial score (nSPS) is 15.8. The summed E-state index contributed by atoms with van der Waals surface area (Å²) in [6, 6.07) is 28.2. The first-order chi connectivity index (χ1) is 18.1. The molecule has 1 aliphatic carbocycles. The summed E-state index contributed by atoms with van der Waals surface area (Å²) in [4.78, 5) is 20.0. The lowest BCUT2D eigenvalue weighted by Crippen LogP contribution is -2.49. The molecule has 0 saturated carbocycles. The van der Waals surface area contributed by atoms with Gasteiger partial charge in [-0.1, -0.05) is 66.2 Å². The van der Waals surface area contributed by atoms with Crippen molar-refractivity contribution in [1.82, 2.24) is 19.6 Å². The van der Waals surface area contributed by atoms with E-state index in [9.17, 15) is 4.79 Å². The van der Waals surface area contributed by atoms with E-state index in [2.05, 4.69) is 84.6 Å². The molecule has 0 bridgehead atoms. The van der Waals surface area contributed by atoms with E-state index in [-0.39, 0.29) is 11.9 Å². The average molecular weight is 505 g/mol. The molecule has 2 aromatic heterocycles. The Morgan fingerprint density at radius 3 is 2.11 bits per heavy atom. The van der Waals surface area contributed by atoms with E-state index in [1.165, 1.54) is 27.8 Å². The van der Waals surface area contributed by atoms with Crippen LogP contribution in [0.5, 0.6) is 0 Å². The van der Waals surface area contributed by atoms with Crippen LogP contribution in [0.2, 0.25) is 0 Å². The predicted octanol–water partition coefficient (Wildman–Crippen LogP) is 6.23. The first-order valence-corrected chi connectivity index (χ1v) is 13.7. The van der Waals surface area contributed by atoms with E-state index in [0.29, 0.717) is 0 Å². The molecule has 1 saturated heterocycles. The number of thiophene rings is 1. The number of hydrogen-bond donors (Lipinski definition) is 0. The molecule has 0 spiro atoms. The minimum atomic E-state index is 0.128. The molecule has 184 valence electrons. The summed E-state index contributed by atoms with van der Waals surface area (Å²) in [5.74, 6) is 0.128. The van der Waals surface area contributed by atoms with Crippen LogP contribution < -0.4 is 0 Å². The van der Waals surface area contributed by atoms with Crippen LogP contribution in [-0.4, -0.2) is 51.7 Å². The molecule has 2 aliphatic rings. The van der Waals surface area contributed by atoms with Gasteiger partial charge in [0, 0.05) is 31.6 Å². The van der Waals surface area contributed by atoms with Crippen LogP contribution in [0.1, 0.15) is 38.1 Å². The van der Waals surface area contributed by atoms with Crippen molar-refractivity contribution in [3.05, 3.63) is 106 Å². The highest BCUT2D eigenvalue weighted by Gasteiger charge is 2.35. The summed E-state index contributed by atoms with van der Waals surface area (Å²) in [7, 11) is 0. The maximum Gasteiger partial charge on any atom is 0.264 e. The topological polar surface area (TPSA) is 41.4 Å². The van der Waals surface area contributed by atoms with Gasteiger partial charge in [0.25, 0.3) is 5.91 Å². The van der Waals surface area contributed by atoms with E-state index >= 15 is 0 Å². The number of carbonyl (C=O) groups excluding carboxylic acids is 1. The van der Waals surface area contributed by atoms with Gasteiger partial charge >= 0.3 is 0 Å². The summed E-state index contributed by atoms with van der Waals surface area (Å²) in [6.07, 6.45) is 0. The molecule has 37 heavy (non-hydrogen) atoms. The first-order valence-electron chi connectivity index (χ1n) is 12.9. The Kier molecular flexibility index (Phi) is 5.27. The van der Waals surface area contributed by atoms with Gasteiger partial charge in [-0.15, -0.1) is 11.3 Å². The van der Waals surface area contributed by atoms with Gasteiger partial charge in [-0.2, -0.15) is 5.10 Å². The molecular weight excluding hydrogens is 476 g/mol. The van der Waals surface area contributed by atoms with E-state index in [1.807, 2.05) is 22.6 Å². The molecule has 5 aromatic rings. The van der Waals surface area contributed by atoms with Crippen LogP contribution in [-0.2, 0) is 0 Å². The number of carbonyl (C=O) groups is 1.